The van der Waals surface area contributed by atoms with Crippen molar-refractivity contribution in [2.75, 3.05) is 18.2 Å². The predicted molar refractivity (Wildman–Crippen MR) is 119 cm³/mol. The van der Waals surface area contributed by atoms with Crippen molar-refractivity contribution in [3.8, 4) is 0 Å². The average molecular weight is 435 g/mol. The zero-order valence-corrected chi connectivity index (χ0v) is 18.6. The minimum Gasteiger partial charge on any atom is -0.462 e. The first-order valence-electron chi connectivity index (χ1n) is 9.31. The molecule has 0 spiro atoms. The van der Waals surface area contributed by atoms with Crippen LogP contribution in [0.15, 0.2) is 47.4 Å². The number of rotatable bonds is 7. The Morgan fingerprint density at radius 1 is 1.14 bits per heavy atom. The molecule has 2 aromatic carbocycles. The zero-order valence-electron chi connectivity index (χ0n) is 17.0. The quantitative estimate of drug-likeness (QED) is 0.503. The van der Waals surface area contributed by atoms with Gasteiger partial charge in [0.1, 0.15) is 0 Å². The molecular formula is C21H26N2O4S2. The van der Waals surface area contributed by atoms with Crippen molar-refractivity contribution in [2.45, 2.75) is 38.1 Å². The Balaban J connectivity index is 2.12. The molecule has 8 heteroatoms. The van der Waals surface area contributed by atoms with E-state index in [1.165, 1.54) is 6.26 Å². The summed E-state index contributed by atoms with van der Waals surface area (Å²) in [6.07, 6.45) is 1.94. The van der Waals surface area contributed by atoms with Crippen LogP contribution in [0, 0.1) is 6.92 Å². The van der Waals surface area contributed by atoms with Crippen LogP contribution in [0.25, 0.3) is 0 Å². The summed E-state index contributed by atoms with van der Waals surface area (Å²) in [7, 11) is -3.23. The van der Waals surface area contributed by atoms with E-state index in [0.717, 1.165) is 23.2 Å². The lowest BCUT2D eigenvalue weighted by Crippen LogP contribution is -2.32. The van der Waals surface area contributed by atoms with Gasteiger partial charge >= 0.3 is 5.97 Å². The van der Waals surface area contributed by atoms with Crippen LogP contribution < -0.4 is 10.6 Å². The van der Waals surface area contributed by atoms with Gasteiger partial charge in [-0.15, -0.1) is 0 Å². The summed E-state index contributed by atoms with van der Waals surface area (Å²) in [5.41, 5.74) is 3.04. The van der Waals surface area contributed by atoms with Gasteiger partial charge in [0.05, 0.1) is 23.1 Å². The molecule has 0 fully saturated rings. The van der Waals surface area contributed by atoms with Crippen LogP contribution in [0.3, 0.4) is 0 Å². The maximum Gasteiger partial charge on any atom is 0.338 e. The van der Waals surface area contributed by atoms with Crippen molar-refractivity contribution in [1.82, 2.24) is 5.32 Å². The molecule has 0 saturated carbocycles. The maximum absolute atomic E-state index is 12.0. The third-order valence-corrected chi connectivity index (χ3v) is 5.77. The van der Waals surface area contributed by atoms with Gasteiger partial charge in [-0.25, -0.2) is 13.2 Å². The van der Waals surface area contributed by atoms with E-state index >= 15 is 0 Å². The molecule has 0 aliphatic carbocycles. The largest absolute Gasteiger partial charge is 0.462 e. The van der Waals surface area contributed by atoms with Gasteiger partial charge in [-0.3, -0.25) is 0 Å². The smallest absolute Gasteiger partial charge is 0.338 e. The summed E-state index contributed by atoms with van der Waals surface area (Å²) >= 11 is 5.45. The molecule has 156 valence electrons. The number of anilines is 1. The van der Waals surface area contributed by atoms with E-state index in [1.807, 2.05) is 19.9 Å². The highest BCUT2D eigenvalue weighted by molar-refractivity contribution is 7.90. The molecule has 0 bridgehead atoms. The molecule has 2 rings (SSSR count). The topological polar surface area (TPSA) is 84.5 Å². The molecule has 0 aliphatic rings. The molecule has 1 unspecified atom stereocenters. The van der Waals surface area contributed by atoms with Crippen LogP contribution in [0.4, 0.5) is 5.69 Å². The Bertz CT molecular complexity index is 986. The maximum atomic E-state index is 12.0. The van der Waals surface area contributed by atoms with Gasteiger partial charge in [-0.1, -0.05) is 25.1 Å². The van der Waals surface area contributed by atoms with E-state index < -0.39 is 9.84 Å². The Kier molecular flexibility index (Phi) is 7.75. The van der Waals surface area contributed by atoms with Crippen LogP contribution in [-0.2, 0) is 14.6 Å². The summed E-state index contributed by atoms with van der Waals surface area (Å²) in [5.74, 6) is -0.383. The monoisotopic (exact) mass is 434 g/mol. The van der Waals surface area contributed by atoms with E-state index in [9.17, 15) is 13.2 Å². The lowest BCUT2D eigenvalue weighted by molar-refractivity contribution is 0.0526. The number of carbonyl (C=O) groups is 1. The second-order valence-electron chi connectivity index (χ2n) is 6.65. The van der Waals surface area contributed by atoms with E-state index in [4.69, 9.17) is 17.0 Å². The van der Waals surface area contributed by atoms with Crippen molar-refractivity contribution in [2.24, 2.45) is 0 Å². The first kappa shape index (κ1) is 22.8. The second kappa shape index (κ2) is 9.84. The molecule has 0 heterocycles. The standard InChI is InChI=1S/C21H26N2O4S2/c1-5-18(15-9-11-17(12-10-15)29(4,25)26)22-21(28)23-19-13-16(8-7-14(19)3)20(24)27-6-2/h7-13,18H,5-6H2,1-4H3,(H2,22,23,28). The summed E-state index contributed by atoms with van der Waals surface area (Å²) in [6.45, 7) is 6.00. The summed E-state index contributed by atoms with van der Waals surface area (Å²) in [4.78, 5) is 12.2. The third kappa shape index (κ3) is 6.27. The second-order valence-corrected chi connectivity index (χ2v) is 9.07. The van der Waals surface area contributed by atoms with E-state index in [0.29, 0.717) is 17.3 Å². The molecule has 0 saturated heterocycles. The minimum atomic E-state index is -3.23. The number of benzene rings is 2. The number of carbonyl (C=O) groups excluding carboxylic acids is 1. The van der Waals surface area contributed by atoms with Gasteiger partial charge in [0, 0.05) is 11.9 Å². The Labute approximate surface area is 177 Å². The van der Waals surface area contributed by atoms with Crippen molar-refractivity contribution in [3.63, 3.8) is 0 Å². The van der Waals surface area contributed by atoms with Crippen LogP contribution >= 0.6 is 12.2 Å². The van der Waals surface area contributed by atoms with Crippen LogP contribution in [0.1, 0.15) is 47.8 Å². The van der Waals surface area contributed by atoms with Gasteiger partial charge in [-0.05, 0) is 67.9 Å². The Hall–Kier alpha value is -2.45. The predicted octanol–water partition coefficient (Wildman–Crippen LogP) is 4.01. The fourth-order valence-electron chi connectivity index (χ4n) is 2.78. The molecule has 0 radical (unpaired) electrons. The number of sulfone groups is 1. The number of esters is 1. The molecule has 2 N–H and O–H groups in total. The van der Waals surface area contributed by atoms with Gasteiger partial charge < -0.3 is 15.4 Å². The highest BCUT2D eigenvalue weighted by Gasteiger charge is 2.14. The molecule has 0 aliphatic heterocycles. The number of thiocarbonyl (C=S) groups is 1. The fraction of sp³-hybridized carbons (Fsp3) is 0.333. The highest BCUT2D eigenvalue weighted by Crippen LogP contribution is 2.21. The third-order valence-electron chi connectivity index (χ3n) is 4.42. The molecular weight excluding hydrogens is 408 g/mol. The lowest BCUT2D eigenvalue weighted by atomic mass is 10.1. The van der Waals surface area contributed by atoms with Gasteiger partial charge in [0.2, 0.25) is 0 Å². The Morgan fingerprint density at radius 3 is 2.34 bits per heavy atom. The van der Waals surface area contributed by atoms with Crippen LogP contribution in [0.2, 0.25) is 0 Å². The van der Waals surface area contributed by atoms with Crippen LogP contribution in [-0.4, -0.2) is 32.4 Å². The van der Waals surface area contributed by atoms with E-state index in [1.54, 1.807) is 43.3 Å². The molecule has 6 nitrogen and oxygen atoms in total. The molecule has 29 heavy (non-hydrogen) atoms. The van der Waals surface area contributed by atoms with Crippen molar-refractivity contribution >= 4 is 38.8 Å². The number of hydrogen-bond acceptors (Lipinski definition) is 5. The fourth-order valence-corrected chi connectivity index (χ4v) is 3.67. The number of hydrogen-bond donors (Lipinski definition) is 2. The molecule has 1 atom stereocenters. The minimum absolute atomic E-state index is 0.0860. The van der Waals surface area contributed by atoms with E-state index in [-0.39, 0.29) is 16.9 Å². The number of nitrogens with one attached hydrogen (secondary N) is 2. The molecule has 0 amide bonds. The molecule has 0 aromatic heterocycles. The summed E-state index contributed by atoms with van der Waals surface area (Å²) in [6, 6.07) is 11.9. The van der Waals surface area contributed by atoms with Crippen molar-refractivity contribution < 1.29 is 17.9 Å². The Morgan fingerprint density at radius 2 is 1.79 bits per heavy atom. The normalized spacial score (nSPS) is 12.1. The lowest BCUT2D eigenvalue weighted by Gasteiger charge is -2.21. The SMILES string of the molecule is CCOC(=O)c1ccc(C)c(NC(=S)NC(CC)c2ccc(S(C)(=O)=O)cc2)c1. The number of aryl methyl sites for hydroxylation is 1. The first-order chi connectivity index (χ1) is 13.7. The van der Waals surface area contributed by atoms with E-state index in [2.05, 4.69) is 10.6 Å². The van der Waals surface area contributed by atoms with Gasteiger partial charge in [-0.2, -0.15) is 0 Å². The molecule has 2 aromatic rings. The first-order valence-corrected chi connectivity index (χ1v) is 11.6. The van der Waals surface area contributed by atoms with Crippen molar-refractivity contribution in [3.05, 3.63) is 59.2 Å². The van der Waals surface area contributed by atoms with Crippen molar-refractivity contribution in [1.29, 1.82) is 0 Å². The van der Waals surface area contributed by atoms with Crippen LogP contribution in [0.5, 0.6) is 0 Å². The zero-order chi connectivity index (χ0) is 21.6. The van der Waals surface area contributed by atoms with Gasteiger partial charge in [0.25, 0.3) is 0 Å². The average Bonchev–Trinajstić information content (AvgIpc) is 2.67. The van der Waals surface area contributed by atoms with Gasteiger partial charge in [0.15, 0.2) is 14.9 Å². The number of ether oxygens (including phenoxy) is 1. The summed E-state index contributed by atoms with van der Waals surface area (Å²) in [5, 5.41) is 6.79. The summed E-state index contributed by atoms with van der Waals surface area (Å²) < 4.78 is 28.3. The highest BCUT2D eigenvalue weighted by atomic mass is 32.2.